The van der Waals surface area contributed by atoms with Gasteiger partial charge in [-0.05, 0) is 92.0 Å². The molecule has 1 aromatic heterocycles. The van der Waals surface area contributed by atoms with E-state index in [0.29, 0.717) is 0 Å². The van der Waals surface area contributed by atoms with Gasteiger partial charge in [0.15, 0.2) is 0 Å². The van der Waals surface area contributed by atoms with Crippen LogP contribution in [-0.2, 0) is 0 Å². The molecule has 1 heterocycles. The monoisotopic (exact) mass is 611 g/mol. The lowest BCUT2D eigenvalue weighted by Gasteiger charge is -2.28. The summed E-state index contributed by atoms with van der Waals surface area (Å²) in [7, 11) is 0. The third-order valence-corrected chi connectivity index (χ3v) is 9.80. The predicted molar refractivity (Wildman–Crippen MR) is 204 cm³/mol. The molecule has 224 valence electrons. The third-order valence-electron chi connectivity index (χ3n) is 9.80. The summed E-state index contributed by atoms with van der Waals surface area (Å²) in [5.41, 5.74) is 7.55. The minimum absolute atomic E-state index is 0.916. The first-order chi connectivity index (χ1) is 23.8. The SMILES string of the molecule is c1ccc(-c2cccc(N(c3ccc4c(ccc5c6ccccc6oc45)c3)c3cccc4c3ccc3ccc5ccccc5c34)c2)cc1. The van der Waals surface area contributed by atoms with Gasteiger partial charge in [0.2, 0.25) is 0 Å². The Morgan fingerprint density at radius 3 is 1.96 bits per heavy atom. The van der Waals surface area contributed by atoms with Gasteiger partial charge in [0.25, 0.3) is 0 Å². The van der Waals surface area contributed by atoms with E-state index in [1.165, 1.54) is 43.4 Å². The van der Waals surface area contributed by atoms with Crippen LogP contribution in [0.15, 0.2) is 180 Å². The zero-order valence-corrected chi connectivity index (χ0v) is 26.1. The van der Waals surface area contributed by atoms with Crippen molar-refractivity contribution >= 4 is 82.1 Å². The van der Waals surface area contributed by atoms with Crippen LogP contribution >= 0.6 is 0 Å². The van der Waals surface area contributed by atoms with Crippen LogP contribution in [0.4, 0.5) is 17.1 Å². The topological polar surface area (TPSA) is 16.4 Å². The lowest BCUT2D eigenvalue weighted by molar-refractivity contribution is 0.672. The highest BCUT2D eigenvalue weighted by Crippen LogP contribution is 2.44. The van der Waals surface area contributed by atoms with E-state index < -0.39 is 0 Å². The van der Waals surface area contributed by atoms with Gasteiger partial charge in [-0.3, -0.25) is 0 Å². The standard InChI is InChI=1S/C46H29NO/c1-2-10-30(11-3-1)33-13-8-14-35(28-33)47(36-24-27-38-34(29-36)23-26-42-40-16-6-7-19-44(40)48-46(38)42)43-18-9-17-41-39(43)25-22-32-21-20-31-12-4-5-15-37(31)45(32)41/h1-29H. The van der Waals surface area contributed by atoms with Crippen molar-refractivity contribution in [2.75, 3.05) is 4.90 Å². The van der Waals surface area contributed by atoms with E-state index >= 15 is 0 Å². The van der Waals surface area contributed by atoms with Gasteiger partial charge in [0, 0.05) is 32.9 Å². The van der Waals surface area contributed by atoms with E-state index in [0.717, 1.165) is 49.8 Å². The number of rotatable bonds is 4. The number of anilines is 3. The van der Waals surface area contributed by atoms with Crippen LogP contribution in [0.3, 0.4) is 0 Å². The van der Waals surface area contributed by atoms with Crippen molar-refractivity contribution in [1.29, 1.82) is 0 Å². The normalized spacial score (nSPS) is 11.8. The lowest BCUT2D eigenvalue weighted by Crippen LogP contribution is -2.10. The first-order valence-electron chi connectivity index (χ1n) is 16.4. The first kappa shape index (κ1) is 26.8. The number of hydrogen-bond acceptors (Lipinski definition) is 2. The number of hydrogen-bond donors (Lipinski definition) is 0. The van der Waals surface area contributed by atoms with E-state index in [4.69, 9.17) is 4.42 Å². The van der Waals surface area contributed by atoms with Crippen LogP contribution in [-0.4, -0.2) is 0 Å². The van der Waals surface area contributed by atoms with Crippen molar-refractivity contribution < 1.29 is 4.42 Å². The highest BCUT2D eigenvalue weighted by Gasteiger charge is 2.19. The largest absolute Gasteiger partial charge is 0.455 e. The second-order valence-electron chi connectivity index (χ2n) is 12.5. The van der Waals surface area contributed by atoms with Crippen molar-refractivity contribution in [2.45, 2.75) is 0 Å². The van der Waals surface area contributed by atoms with Crippen LogP contribution in [0, 0.1) is 0 Å². The molecule has 10 aromatic rings. The van der Waals surface area contributed by atoms with Crippen LogP contribution in [0.2, 0.25) is 0 Å². The number of furan rings is 1. The third kappa shape index (κ3) is 4.13. The van der Waals surface area contributed by atoms with Gasteiger partial charge < -0.3 is 9.32 Å². The predicted octanol–water partition coefficient (Wildman–Crippen LogP) is 13.3. The highest BCUT2D eigenvalue weighted by atomic mass is 16.3. The molecule has 0 N–H and O–H groups in total. The minimum atomic E-state index is 0.916. The molecular weight excluding hydrogens is 583 g/mol. The summed E-state index contributed by atoms with van der Waals surface area (Å²) >= 11 is 0. The van der Waals surface area contributed by atoms with Gasteiger partial charge in [0.1, 0.15) is 11.2 Å². The summed E-state index contributed by atoms with van der Waals surface area (Å²) in [5.74, 6) is 0. The molecule has 0 bridgehead atoms. The van der Waals surface area contributed by atoms with E-state index in [1.54, 1.807) is 0 Å². The Balaban J connectivity index is 1.24. The molecule has 0 aliphatic carbocycles. The molecule has 10 rings (SSSR count). The lowest BCUT2D eigenvalue weighted by atomic mass is 9.95. The summed E-state index contributed by atoms with van der Waals surface area (Å²) < 4.78 is 6.42. The number of benzene rings is 9. The summed E-state index contributed by atoms with van der Waals surface area (Å²) in [6.07, 6.45) is 0. The van der Waals surface area contributed by atoms with Gasteiger partial charge in [-0.25, -0.2) is 0 Å². The van der Waals surface area contributed by atoms with Gasteiger partial charge in [-0.2, -0.15) is 0 Å². The maximum Gasteiger partial charge on any atom is 0.143 e. The molecular formula is C46H29NO. The fourth-order valence-electron chi connectivity index (χ4n) is 7.56. The quantitative estimate of drug-likeness (QED) is 0.184. The second kappa shape index (κ2) is 10.6. The smallest absolute Gasteiger partial charge is 0.143 e. The Kier molecular flexibility index (Phi) is 5.91. The number of fused-ring (bicyclic) bond motifs is 10. The molecule has 0 atom stereocenters. The minimum Gasteiger partial charge on any atom is -0.455 e. The molecule has 0 saturated heterocycles. The second-order valence-corrected chi connectivity index (χ2v) is 12.5. The average Bonchev–Trinajstić information content (AvgIpc) is 3.54. The van der Waals surface area contributed by atoms with E-state index in [9.17, 15) is 0 Å². The van der Waals surface area contributed by atoms with Crippen molar-refractivity contribution in [3.63, 3.8) is 0 Å². The van der Waals surface area contributed by atoms with Crippen molar-refractivity contribution in [3.05, 3.63) is 176 Å². The van der Waals surface area contributed by atoms with E-state index in [-0.39, 0.29) is 0 Å². The Hall–Kier alpha value is -6.38. The van der Waals surface area contributed by atoms with Crippen LogP contribution in [0.5, 0.6) is 0 Å². The summed E-state index contributed by atoms with van der Waals surface area (Å²) in [6.45, 7) is 0. The molecule has 0 aliphatic rings. The van der Waals surface area contributed by atoms with Crippen molar-refractivity contribution in [1.82, 2.24) is 0 Å². The molecule has 0 fully saturated rings. The Morgan fingerprint density at radius 1 is 0.354 bits per heavy atom. The zero-order chi connectivity index (χ0) is 31.6. The van der Waals surface area contributed by atoms with Crippen molar-refractivity contribution in [2.24, 2.45) is 0 Å². The summed E-state index contributed by atoms with van der Waals surface area (Å²) in [4.78, 5) is 2.41. The van der Waals surface area contributed by atoms with E-state index in [1.807, 2.05) is 12.1 Å². The Morgan fingerprint density at radius 2 is 1.02 bits per heavy atom. The Labute approximate surface area is 277 Å². The van der Waals surface area contributed by atoms with Gasteiger partial charge in [-0.15, -0.1) is 0 Å². The maximum absolute atomic E-state index is 6.42. The molecule has 0 saturated carbocycles. The van der Waals surface area contributed by atoms with E-state index in [2.05, 4.69) is 169 Å². The van der Waals surface area contributed by atoms with Crippen LogP contribution < -0.4 is 4.90 Å². The van der Waals surface area contributed by atoms with Crippen LogP contribution in [0.25, 0.3) is 76.2 Å². The fourth-order valence-corrected chi connectivity index (χ4v) is 7.56. The molecule has 0 radical (unpaired) electrons. The average molecular weight is 612 g/mol. The summed E-state index contributed by atoms with van der Waals surface area (Å²) in [6, 6.07) is 63.4. The molecule has 0 amide bonds. The number of nitrogens with zero attached hydrogens (tertiary/aromatic N) is 1. The molecule has 0 unspecified atom stereocenters. The van der Waals surface area contributed by atoms with Crippen molar-refractivity contribution in [3.8, 4) is 11.1 Å². The molecule has 2 nitrogen and oxygen atoms in total. The Bertz CT molecular complexity index is 2850. The summed E-state index contributed by atoms with van der Waals surface area (Å²) in [5, 5.41) is 12.1. The molecule has 9 aromatic carbocycles. The van der Waals surface area contributed by atoms with Crippen LogP contribution in [0.1, 0.15) is 0 Å². The highest BCUT2D eigenvalue weighted by molar-refractivity contribution is 6.22. The molecule has 2 heteroatoms. The van der Waals surface area contributed by atoms with Gasteiger partial charge in [-0.1, -0.05) is 127 Å². The number of para-hydroxylation sites is 1. The van der Waals surface area contributed by atoms with Gasteiger partial charge >= 0.3 is 0 Å². The zero-order valence-electron chi connectivity index (χ0n) is 26.1. The van der Waals surface area contributed by atoms with Gasteiger partial charge in [0.05, 0.1) is 5.69 Å². The first-order valence-corrected chi connectivity index (χ1v) is 16.4. The molecule has 0 spiro atoms. The molecule has 0 aliphatic heterocycles. The fraction of sp³-hybridized carbons (Fsp3) is 0. The maximum atomic E-state index is 6.42. The molecule has 48 heavy (non-hydrogen) atoms.